The van der Waals surface area contributed by atoms with Crippen LogP contribution in [0.15, 0.2) is 66.3 Å². The molecule has 0 aromatic heterocycles. The van der Waals surface area contributed by atoms with Gasteiger partial charge < -0.3 is 24.8 Å². The van der Waals surface area contributed by atoms with E-state index in [1.54, 1.807) is 41.4 Å². The molecule has 4 saturated carbocycles. The molecule has 4 fully saturated rings. The number of halogens is 2. The molecule has 2 aromatic rings. The molecule has 6 aliphatic rings. The van der Waals surface area contributed by atoms with E-state index in [0.717, 1.165) is 24.2 Å². The Morgan fingerprint density at radius 2 is 1.58 bits per heavy atom. The molecule has 0 heterocycles. The summed E-state index contributed by atoms with van der Waals surface area (Å²) in [6.07, 6.45) is 17.0. The monoisotopic (exact) mass is 523 g/mol. The van der Waals surface area contributed by atoms with E-state index in [4.69, 9.17) is 0 Å². The third kappa shape index (κ3) is 2.82. The molecule has 8 rings (SSSR count). The quantitative estimate of drug-likeness (QED) is 0.467. The van der Waals surface area contributed by atoms with Crippen molar-refractivity contribution < 1.29 is 49.5 Å². The Labute approximate surface area is 213 Å². The fourth-order valence-corrected chi connectivity index (χ4v) is 11.2. The van der Waals surface area contributed by atoms with Gasteiger partial charge in [-0.05, 0) is 0 Å². The molecule has 0 radical (unpaired) electrons. The average Bonchev–Trinajstić information content (AvgIpc) is 3.35. The Balaban J connectivity index is 0.00000102. The van der Waals surface area contributed by atoms with E-state index in [-0.39, 0.29) is 30.2 Å². The van der Waals surface area contributed by atoms with E-state index < -0.39 is 0 Å². The summed E-state index contributed by atoms with van der Waals surface area (Å²) in [5.74, 6) is 2.86. The van der Waals surface area contributed by atoms with Gasteiger partial charge in [0.2, 0.25) is 0 Å². The molecule has 6 aliphatic carbocycles. The first-order valence-electron chi connectivity index (χ1n) is 11.5. The van der Waals surface area contributed by atoms with Crippen molar-refractivity contribution in [3.05, 3.63) is 83.0 Å². The first kappa shape index (κ1) is 22.2. The number of rotatable bonds is 2. The Morgan fingerprint density at radius 3 is 2.29 bits per heavy atom. The molecule has 0 saturated heterocycles. The van der Waals surface area contributed by atoms with E-state index in [9.17, 15) is 0 Å². The van der Waals surface area contributed by atoms with Gasteiger partial charge >= 0.3 is 190 Å². The zero-order valence-corrected chi connectivity index (χ0v) is 21.7. The summed E-state index contributed by atoms with van der Waals surface area (Å²) in [5, 5.41) is 0. The van der Waals surface area contributed by atoms with E-state index in [0.29, 0.717) is 3.12 Å². The molecule has 3 heteroatoms. The van der Waals surface area contributed by atoms with E-state index in [2.05, 4.69) is 60.7 Å². The van der Waals surface area contributed by atoms with Gasteiger partial charge in [-0.1, -0.05) is 0 Å². The van der Waals surface area contributed by atoms with E-state index >= 15 is 0 Å². The summed E-state index contributed by atoms with van der Waals surface area (Å²) in [6.45, 7) is 0. The van der Waals surface area contributed by atoms with Gasteiger partial charge in [0.25, 0.3) is 0 Å². The molecule has 2 aromatic carbocycles. The Morgan fingerprint density at radius 1 is 0.839 bits per heavy atom. The van der Waals surface area contributed by atoms with Gasteiger partial charge in [-0.2, -0.15) is 0 Å². The maximum atomic E-state index is 2.55. The molecule has 3 atom stereocenters. The molecule has 3 unspecified atom stereocenters. The van der Waals surface area contributed by atoms with E-state index in [1.165, 1.54) is 55.2 Å². The maximum absolute atomic E-state index is 2.55. The molecule has 31 heavy (non-hydrogen) atoms. The van der Waals surface area contributed by atoms with Crippen LogP contribution in [0.3, 0.4) is 0 Å². The number of hydrogen-bond acceptors (Lipinski definition) is 0. The van der Waals surface area contributed by atoms with Crippen molar-refractivity contribution in [2.24, 2.45) is 17.8 Å². The SMILES string of the molecule is [Cl-].[Cl-].[Zr+2][C]12CC3CC(CC(C3)C1(C1=CC=CC1)c1cccc3c1Cc1ccccc1-3)C2. The van der Waals surface area contributed by atoms with Crippen molar-refractivity contribution in [3.8, 4) is 11.1 Å². The molecule has 157 valence electrons. The van der Waals surface area contributed by atoms with Gasteiger partial charge in [0.1, 0.15) is 0 Å². The predicted octanol–water partition coefficient (Wildman–Crippen LogP) is 0.935. The summed E-state index contributed by atoms with van der Waals surface area (Å²) in [4.78, 5) is 0. The van der Waals surface area contributed by atoms with Gasteiger partial charge in [-0.25, -0.2) is 0 Å². The van der Waals surface area contributed by atoms with Crippen molar-refractivity contribution in [1.82, 2.24) is 0 Å². The van der Waals surface area contributed by atoms with Crippen LogP contribution >= 0.6 is 0 Å². The van der Waals surface area contributed by atoms with Crippen LogP contribution in [-0.4, -0.2) is 0 Å². The molecular weight excluding hydrogens is 498 g/mol. The molecular formula is C28H27Cl2Zr. The van der Waals surface area contributed by atoms with Gasteiger partial charge in [-0.15, -0.1) is 0 Å². The fourth-order valence-electron chi connectivity index (χ4n) is 8.52. The van der Waals surface area contributed by atoms with Crippen LogP contribution in [0, 0.1) is 17.8 Å². The van der Waals surface area contributed by atoms with Gasteiger partial charge in [0.15, 0.2) is 0 Å². The molecule has 0 N–H and O–H groups in total. The zero-order valence-electron chi connectivity index (χ0n) is 17.7. The van der Waals surface area contributed by atoms with Crippen molar-refractivity contribution in [2.75, 3.05) is 0 Å². The third-order valence-electron chi connectivity index (χ3n) is 9.10. The molecule has 0 spiro atoms. The number of benzene rings is 2. The topological polar surface area (TPSA) is 0 Å². The Kier molecular flexibility index (Phi) is 5.52. The van der Waals surface area contributed by atoms with Gasteiger partial charge in [0.05, 0.1) is 0 Å². The third-order valence-corrected chi connectivity index (χ3v) is 11.1. The average molecular weight is 526 g/mol. The van der Waals surface area contributed by atoms with Crippen molar-refractivity contribution in [2.45, 2.75) is 53.5 Å². The van der Waals surface area contributed by atoms with Crippen LogP contribution in [-0.2, 0) is 36.6 Å². The summed E-state index contributed by atoms with van der Waals surface area (Å²) in [7, 11) is 0. The van der Waals surface area contributed by atoms with Crippen molar-refractivity contribution in [3.63, 3.8) is 0 Å². The van der Waals surface area contributed by atoms with Crippen LogP contribution in [0.4, 0.5) is 0 Å². The first-order chi connectivity index (χ1) is 14.2. The minimum atomic E-state index is 0. The fraction of sp³-hybridized carbons (Fsp3) is 0.429. The second-order valence-electron chi connectivity index (χ2n) is 10.4. The number of hydrogen-bond donors (Lipinski definition) is 0. The molecule has 0 amide bonds. The van der Waals surface area contributed by atoms with Crippen molar-refractivity contribution in [1.29, 1.82) is 0 Å². The second kappa shape index (κ2) is 7.72. The molecule has 0 nitrogen and oxygen atoms in total. The molecule has 4 bridgehead atoms. The summed E-state index contributed by atoms with van der Waals surface area (Å²) in [6, 6.07) is 16.5. The summed E-state index contributed by atoms with van der Waals surface area (Å²) >= 11 is 1.80. The van der Waals surface area contributed by atoms with E-state index in [1.807, 2.05) is 0 Å². The Hall–Kier alpha value is -0.617. The van der Waals surface area contributed by atoms with Crippen LogP contribution in [0.25, 0.3) is 11.1 Å². The second-order valence-corrected chi connectivity index (χ2v) is 12.8. The first-order valence-corrected chi connectivity index (χ1v) is 12.7. The Bertz CT molecular complexity index is 1090. The van der Waals surface area contributed by atoms with Crippen LogP contribution in [0.2, 0.25) is 3.12 Å². The van der Waals surface area contributed by atoms with Crippen LogP contribution in [0.5, 0.6) is 0 Å². The number of fused-ring (bicyclic) bond motifs is 3. The van der Waals surface area contributed by atoms with Gasteiger partial charge in [-0.3, -0.25) is 0 Å². The summed E-state index contributed by atoms with van der Waals surface area (Å²) < 4.78 is 0.510. The van der Waals surface area contributed by atoms with Crippen molar-refractivity contribution >= 4 is 0 Å². The number of allylic oxidation sites excluding steroid dienone is 4. The standard InChI is InChI=1S/C28H27.2ClH.Zr/c1-4-9-24-20(6-1)17-26-25(24)10-5-11-27(26)28(21-7-2-3-8-21)22-13-18-12-19(15-22)16-23(28)14-18;;;/h1-7,9-11,18-19,22H,8,12-17H2;2*1H;/q;;;+2/p-2. The predicted molar refractivity (Wildman–Crippen MR) is 114 cm³/mol. The normalized spacial score (nSPS) is 35.8. The van der Waals surface area contributed by atoms with Crippen LogP contribution in [0.1, 0.15) is 55.2 Å². The van der Waals surface area contributed by atoms with Gasteiger partial charge in [0, 0.05) is 0 Å². The summed E-state index contributed by atoms with van der Waals surface area (Å²) in [5.41, 5.74) is 9.97. The minimum absolute atomic E-state index is 0. The van der Waals surface area contributed by atoms with Crippen LogP contribution < -0.4 is 24.8 Å². The zero-order chi connectivity index (χ0) is 19.2. The molecule has 0 aliphatic heterocycles.